The third-order valence-electron chi connectivity index (χ3n) is 4.39. The van der Waals surface area contributed by atoms with Crippen molar-refractivity contribution in [2.24, 2.45) is 0 Å². The first-order valence-corrected chi connectivity index (χ1v) is 10.2. The topological polar surface area (TPSA) is 129 Å². The molecule has 0 aliphatic carbocycles. The van der Waals surface area contributed by atoms with Gasteiger partial charge in [0, 0.05) is 21.2 Å². The van der Waals surface area contributed by atoms with Gasteiger partial charge < -0.3 is 20.4 Å². The molecule has 1 unspecified atom stereocenters. The van der Waals surface area contributed by atoms with Gasteiger partial charge in [-0.15, -0.1) is 0 Å². The lowest BCUT2D eigenvalue weighted by molar-refractivity contribution is -0.139. The molecule has 12 heteroatoms. The average molecular weight is 481 g/mol. The Hall–Kier alpha value is -2.99. The van der Waals surface area contributed by atoms with Crippen molar-refractivity contribution in [3.63, 3.8) is 0 Å². The maximum absolute atomic E-state index is 12.7. The Balaban J connectivity index is 1.83. The number of benzene rings is 2. The van der Waals surface area contributed by atoms with Crippen molar-refractivity contribution in [2.45, 2.75) is 6.04 Å². The molecule has 1 heterocycles. The molecule has 0 bridgehead atoms. The van der Waals surface area contributed by atoms with Gasteiger partial charge in [-0.05, 0) is 66.9 Å². The van der Waals surface area contributed by atoms with Crippen molar-refractivity contribution in [1.82, 2.24) is 14.8 Å². The molecule has 1 amide bonds. The molecule has 0 saturated heterocycles. The Kier molecular flexibility index (Phi) is 7.23. The number of carbonyl (C=O) groups excluding carboxylic acids is 2. The predicted octanol–water partition coefficient (Wildman–Crippen LogP) is 2.30. The van der Waals surface area contributed by atoms with E-state index in [4.69, 9.17) is 41.1 Å². The number of aromatic amines is 2. The third-order valence-corrected chi connectivity index (χ3v) is 5.22. The zero-order valence-corrected chi connectivity index (χ0v) is 18.4. The van der Waals surface area contributed by atoms with Gasteiger partial charge in [0.2, 0.25) is 11.9 Å². The number of H-pyrrole nitrogens is 2. The number of amides is 1. The summed E-state index contributed by atoms with van der Waals surface area (Å²) in [6, 6.07) is 12.1. The second-order valence-electron chi connectivity index (χ2n) is 6.46. The first kappa shape index (κ1) is 22.7. The monoisotopic (exact) mass is 480 g/mol. The lowest BCUT2D eigenvalue weighted by Crippen LogP contribution is -2.47. The number of hydrogen-bond donors (Lipinski definition) is 4. The number of nitrogens with one attached hydrogen (secondary N) is 3. The number of carbonyl (C=O) groups is 2. The highest BCUT2D eigenvalue weighted by Crippen LogP contribution is 2.21. The summed E-state index contributed by atoms with van der Waals surface area (Å²) in [5.74, 6) is -1.46. The molecule has 162 valence electrons. The minimum Gasteiger partial charge on any atom is -0.563 e. The minimum absolute atomic E-state index is 0.272. The molecule has 6 N–H and O–H groups in total. The molecule has 1 atom stereocenters. The van der Waals surface area contributed by atoms with Gasteiger partial charge in [-0.2, -0.15) is 0 Å². The Morgan fingerprint density at radius 3 is 2.39 bits per heavy atom. The van der Waals surface area contributed by atoms with Crippen molar-refractivity contribution in [2.75, 3.05) is 23.4 Å². The fraction of sp³-hybridized carbons (Fsp3) is 0.158. The van der Waals surface area contributed by atoms with E-state index in [0.29, 0.717) is 31.6 Å². The summed E-state index contributed by atoms with van der Waals surface area (Å²) in [7, 11) is 0. The van der Waals surface area contributed by atoms with Crippen molar-refractivity contribution in [1.29, 1.82) is 0 Å². The summed E-state index contributed by atoms with van der Waals surface area (Å²) in [5.41, 5.74) is 1.60. The molecule has 9 nitrogen and oxygen atoms in total. The number of nitrogens with zero attached hydrogens (tertiary/aromatic N) is 2. The highest BCUT2D eigenvalue weighted by Gasteiger charge is 2.32. The summed E-state index contributed by atoms with van der Waals surface area (Å²) in [5, 5.41) is 25.8. The van der Waals surface area contributed by atoms with Crippen LogP contribution in [0.4, 0.5) is 11.4 Å². The van der Waals surface area contributed by atoms with Crippen molar-refractivity contribution >= 4 is 59.3 Å². The number of aliphatic hydroxyl groups is 1. The second kappa shape index (κ2) is 9.88. The Bertz CT molecular complexity index is 1180. The van der Waals surface area contributed by atoms with Crippen LogP contribution in [0.15, 0.2) is 48.5 Å². The van der Waals surface area contributed by atoms with Crippen LogP contribution in [0.3, 0.4) is 0 Å². The van der Waals surface area contributed by atoms with Crippen LogP contribution in [0.25, 0.3) is 5.69 Å². The molecule has 1 aromatic heterocycles. The van der Waals surface area contributed by atoms with Gasteiger partial charge in [0.15, 0.2) is 9.54 Å². The fourth-order valence-electron chi connectivity index (χ4n) is 2.96. The molecule has 31 heavy (non-hydrogen) atoms. The number of hydrogen-bond acceptors (Lipinski definition) is 6. The van der Waals surface area contributed by atoms with E-state index >= 15 is 0 Å². The zero-order valence-electron chi connectivity index (χ0n) is 16.0. The zero-order chi connectivity index (χ0) is 22.5. The van der Waals surface area contributed by atoms with Gasteiger partial charge in [0.1, 0.15) is 0 Å². The molecule has 0 saturated carbocycles. The van der Waals surface area contributed by atoms with E-state index in [2.05, 4.69) is 15.5 Å². The largest absolute Gasteiger partial charge is 0.563 e. The van der Waals surface area contributed by atoms with Crippen LogP contribution in [0.5, 0.6) is 0 Å². The Morgan fingerprint density at radius 1 is 1.16 bits per heavy atom. The van der Waals surface area contributed by atoms with Gasteiger partial charge >= 0.3 is 5.97 Å². The summed E-state index contributed by atoms with van der Waals surface area (Å²) >= 11 is 16.3. The second-order valence-corrected chi connectivity index (χ2v) is 7.67. The Labute approximate surface area is 191 Å². The fourth-order valence-corrected chi connectivity index (χ4v) is 3.64. The van der Waals surface area contributed by atoms with E-state index in [9.17, 15) is 14.7 Å². The number of halogens is 1. The van der Waals surface area contributed by atoms with E-state index in [1.165, 1.54) is 4.90 Å². The highest BCUT2D eigenvalue weighted by atomic mass is 35.5. The minimum atomic E-state index is -1.20. The smallest absolute Gasteiger partial charge is 0.541 e. The molecule has 3 rings (SSSR count). The quantitative estimate of drug-likeness (QED) is 0.289. The number of anilines is 2. The van der Waals surface area contributed by atoms with E-state index in [1.54, 1.807) is 53.1 Å². The van der Waals surface area contributed by atoms with E-state index < -0.39 is 24.5 Å². The van der Waals surface area contributed by atoms with E-state index in [1.807, 2.05) is 0 Å². The first-order chi connectivity index (χ1) is 14.8. The molecular weight excluding hydrogens is 462 g/mol. The molecule has 0 radical (unpaired) electrons. The van der Waals surface area contributed by atoms with Crippen LogP contribution in [-0.4, -0.2) is 56.0 Å². The number of rotatable bonds is 8. The maximum Gasteiger partial charge on any atom is 0.541 e. The first-order valence-electron chi connectivity index (χ1n) is 8.98. The SMILES string of the molecule is O=C(CN(c1ccc(Cl)cc1)C(CO)C(=O)[OH2+])Nc1cccc(-n2c(=S)[nH][nH]c2=S)c1. The molecule has 0 aliphatic heterocycles. The van der Waals surface area contributed by atoms with Gasteiger partial charge in [-0.25, -0.2) is 0 Å². The lowest BCUT2D eigenvalue weighted by atomic mass is 10.2. The van der Waals surface area contributed by atoms with Crippen LogP contribution in [0.2, 0.25) is 5.02 Å². The van der Waals surface area contributed by atoms with Crippen LogP contribution in [0.1, 0.15) is 0 Å². The van der Waals surface area contributed by atoms with Crippen molar-refractivity contribution < 1.29 is 19.8 Å². The average Bonchev–Trinajstić information content (AvgIpc) is 3.06. The predicted molar refractivity (Wildman–Crippen MR) is 123 cm³/mol. The molecule has 0 spiro atoms. The lowest BCUT2D eigenvalue weighted by Gasteiger charge is -2.27. The van der Waals surface area contributed by atoms with Crippen LogP contribution >= 0.6 is 36.0 Å². The third kappa shape index (κ3) is 5.39. The number of aliphatic hydroxyl groups excluding tert-OH is 1. The van der Waals surface area contributed by atoms with Crippen LogP contribution < -0.4 is 10.2 Å². The normalized spacial score (nSPS) is 11.7. The van der Waals surface area contributed by atoms with Crippen LogP contribution in [0, 0.1) is 9.54 Å². The van der Waals surface area contributed by atoms with Gasteiger partial charge in [-0.1, -0.05) is 17.7 Å². The Morgan fingerprint density at radius 2 is 1.81 bits per heavy atom. The standard InChI is InChI=1S/C19H18ClN5O4S2/c20-11-4-6-13(7-5-11)24(15(10-26)17(28)29)9-16(27)21-12-2-1-3-14(8-12)25-18(30)22-23-19(25)31/h1-8,15,26H,9-10H2,(H,21,27)(H,22,30)(H,23,31)(H,28,29)/p+1. The summed E-state index contributed by atoms with van der Waals surface area (Å²) in [6.45, 7) is -0.886. The molecular formula is C19H19ClN5O4S2+. The molecule has 0 fully saturated rings. The molecule has 2 aromatic carbocycles. The summed E-state index contributed by atoms with van der Waals surface area (Å²) < 4.78 is 2.35. The van der Waals surface area contributed by atoms with E-state index in [-0.39, 0.29) is 6.54 Å². The molecule has 3 aromatic rings. The molecule has 0 aliphatic rings. The highest BCUT2D eigenvalue weighted by molar-refractivity contribution is 7.72. The van der Waals surface area contributed by atoms with Gasteiger partial charge in [0.25, 0.3) is 0 Å². The van der Waals surface area contributed by atoms with Gasteiger partial charge in [0.05, 0.1) is 18.8 Å². The van der Waals surface area contributed by atoms with Crippen LogP contribution in [-0.2, 0) is 9.59 Å². The van der Waals surface area contributed by atoms with Gasteiger partial charge in [-0.3, -0.25) is 19.6 Å². The van der Waals surface area contributed by atoms with Crippen molar-refractivity contribution in [3.05, 3.63) is 63.1 Å². The summed E-state index contributed by atoms with van der Waals surface area (Å²) in [6.07, 6.45) is 0. The maximum atomic E-state index is 12.7. The number of aromatic nitrogens is 3. The van der Waals surface area contributed by atoms with E-state index in [0.717, 1.165) is 0 Å². The summed E-state index contributed by atoms with van der Waals surface area (Å²) in [4.78, 5) is 25.8. The van der Waals surface area contributed by atoms with Crippen molar-refractivity contribution in [3.8, 4) is 5.69 Å².